The monoisotopic (exact) mass is 354 g/mol. The first-order valence-electron chi connectivity index (χ1n) is 8.70. The van der Waals surface area contributed by atoms with E-state index in [9.17, 15) is 0 Å². The second-order valence-corrected chi connectivity index (χ2v) is 7.15. The lowest BCUT2D eigenvalue weighted by Crippen LogP contribution is -3.05. The lowest BCUT2D eigenvalue weighted by molar-refractivity contribution is -0.858. The van der Waals surface area contributed by atoms with Crippen LogP contribution in [-0.4, -0.2) is 71.5 Å². The molecule has 136 valence electrons. The first-order chi connectivity index (χ1) is 11.4. The number of hydrogen-bond acceptors (Lipinski definition) is 2. The molecule has 6 heteroatoms. The van der Waals surface area contributed by atoms with Crippen LogP contribution in [0.2, 0.25) is 0 Å². The summed E-state index contributed by atoms with van der Waals surface area (Å²) in [6.45, 7) is 4.30. The van der Waals surface area contributed by atoms with Crippen molar-refractivity contribution >= 4 is 23.0 Å². The Hall–Kier alpha value is -1.37. The zero-order valence-corrected chi connectivity index (χ0v) is 16.6. The topological polar surface area (TPSA) is 33.4 Å². The van der Waals surface area contributed by atoms with Crippen LogP contribution in [0.5, 0.6) is 5.75 Å². The summed E-state index contributed by atoms with van der Waals surface area (Å²) in [7, 11) is 10.4. The first kappa shape index (κ1) is 20.7. The predicted octanol–water partition coefficient (Wildman–Crippen LogP) is -0.237. The van der Waals surface area contributed by atoms with Gasteiger partial charge in [0.25, 0.3) is 0 Å². The second kappa shape index (κ2) is 11.2. The van der Waals surface area contributed by atoms with Crippen molar-refractivity contribution in [1.82, 2.24) is 4.90 Å². The van der Waals surface area contributed by atoms with Gasteiger partial charge in [0.1, 0.15) is 5.75 Å². The van der Waals surface area contributed by atoms with Crippen molar-refractivity contribution in [1.29, 1.82) is 0 Å². The molecule has 0 bridgehead atoms. The average molecular weight is 355 g/mol. The molecule has 1 aromatic rings. The van der Waals surface area contributed by atoms with Gasteiger partial charge in [0.15, 0.2) is 5.11 Å². The lowest BCUT2D eigenvalue weighted by atomic mass is 10.3. The molecular formula is C18H34N4OS+2. The highest BCUT2D eigenvalue weighted by atomic mass is 32.1. The second-order valence-electron chi connectivity index (χ2n) is 6.77. The Bertz CT molecular complexity index is 462. The van der Waals surface area contributed by atoms with E-state index in [2.05, 4.69) is 38.4 Å². The number of benzene rings is 1. The van der Waals surface area contributed by atoms with Gasteiger partial charge in [-0.25, -0.2) is 0 Å². The third kappa shape index (κ3) is 8.47. The fraction of sp³-hybridized carbons (Fsp3) is 0.611. The molecule has 0 aliphatic heterocycles. The molecule has 0 heterocycles. The predicted molar refractivity (Wildman–Crippen MR) is 105 cm³/mol. The zero-order chi connectivity index (χ0) is 17.9. The molecule has 0 amide bonds. The van der Waals surface area contributed by atoms with Crippen LogP contribution in [0.25, 0.3) is 0 Å². The van der Waals surface area contributed by atoms with Crippen LogP contribution in [0.15, 0.2) is 24.3 Å². The maximum Gasteiger partial charge on any atom is 0.173 e. The van der Waals surface area contributed by atoms with Crippen LogP contribution >= 0.6 is 12.2 Å². The van der Waals surface area contributed by atoms with Gasteiger partial charge in [-0.1, -0.05) is 0 Å². The van der Waals surface area contributed by atoms with Crippen molar-refractivity contribution in [3.63, 3.8) is 0 Å². The molecule has 3 N–H and O–H groups in total. The van der Waals surface area contributed by atoms with E-state index >= 15 is 0 Å². The van der Waals surface area contributed by atoms with E-state index in [4.69, 9.17) is 17.0 Å². The molecular weight excluding hydrogens is 320 g/mol. The molecule has 0 saturated carbocycles. The van der Waals surface area contributed by atoms with E-state index in [1.807, 2.05) is 24.3 Å². The lowest BCUT2D eigenvalue weighted by Gasteiger charge is -2.26. The van der Waals surface area contributed by atoms with Gasteiger partial charge >= 0.3 is 0 Å². The van der Waals surface area contributed by atoms with Crippen LogP contribution < -0.4 is 19.9 Å². The van der Waals surface area contributed by atoms with Gasteiger partial charge in [0.05, 0.1) is 48.4 Å². The minimum Gasteiger partial charge on any atom is -0.497 e. The molecule has 0 unspecified atom stereocenters. The number of thiocarbonyl (C=S) groups is 1. The molecule has 0 radical (unpaired) electrons. The minimum atomic E-state index is 0.808. The molecule has 5 nitrogen and oxygen atoms in total. The van der Waals surface area contributed by atoms with Gasteiger partial charge in [-0.05, 0) is 36.5 Å². The summed E-state index contributed by atoms with van der Waals surface area (Å²) in [4.78, 5) is 5.24. The molecule has 0 atom stereocenters. The molecule has 0 aliphatic rings. The number of hydrogen-bond donors (Lipinski definition) is 3. The number of quaternary nitrogens is 2. The van der Waals surface area contributed by atoms with Crippen LogP contribution in [-0.2, 0) is 0 Å². The number of methoxy groups -OCH3 is 1. The van der Waals surface area contributed by atoms with E-state index < -0.39 is 0 Å². The van der Waals surface area contributed by atoms with Crippen molar-refractivity contribution < 1.29 is 14.5 Å². The van der Waals surface area contributed by atoms with Crippen molar-refractivity contribution in [3.05, 3.63) is 24.3 Å². The summed E-state index contributed by atoms with van der Waals surface area (Å²) < 4.78 is 5.20. The van der Waals surface area contributed by atoms with Gasteiger partial charge in [0, 0.05) is 31.6 Å². The molecule has 1 rings (SSSR count). The Morgan fingerprint density at radius 3 is 1.92 bits per heavy atom. The Balaban J connectivity index is 2.58. The fourth-order valence-electron chi connectivity index (χ4n) is 2.44. The summed E-state index contributed by atoms with van der Waals surface area (Å²) in [6.07, 6.45) is 2.28. The van der Waals surface area contributed by atoms with Gasteiger partial charge < -0.3 is 24.8 Å². The molecule has 0 fully saturated rings. The standard InChI is InChI=1S/C18H32N4OS/c1-20(2)12-6-14-22(15-7-13-21(3)4)18(24)19-16-8-10-17(23-5)11-9-16/h8-11H,6-7,12-15H2,1-5H3,(H,19,24)/p+2. The molecule has 0 aromatic heterocycles. The third-order valence-electron chi connectivity index (χ3n) is 3.84. The summed E-state index contributed by atoms with van der Waals surface area (Å²) in [5, 5.41) is 4.17. The fourth-order valence-corrected chi connectivity index (χ4v) is 2.74. The molecule has 0 saturated heterocycles. The van der Waals surface area contributed by atoms with Gasteiger partial charge in [0.2, 0.25) is 0 Å². The Labute approximate surface area is 152 Å². The summed E-state index contributed by atoms with van der Waals surface area (Å²) >= 11 is 5.65. The number of ether oxygens (including phenoxy) is 1. The quantitative estimate of drug-likeness (QED) is 0.507. The zero-order valence-electron chi connectivity index (χ0n) is 15.8. The SMILES string of the molecule is COc1ccc(NC(=S)N(CCC[NH+](C)C)CCC[NH+](C)C)cc1. The van der Waals surface area contributed by atoms with Crippen molar-refractivity contribution in [2.45, 2.75) is 12.8 Å². The highest BCUT2D eigenvalue weighted by molar-refractivity contribution is 7.80. The third-order valence-corrected chi connectivity index (χ3v) is 4.20. The Kier molecular flexibility index (Phi) is 9.67. The highest BCUT2D eigenvalue weighted by Crippen LogP contribution is 2.15. The highest BCUT2D eigenvalue weighted by Gasteiger charge is 2.11. The summed E-state index contributed by atoms with van der Waals surface area (Å²) in [5.74, 6) is 0.853. The van der Waals surface area contributed by atoms with Crippen LogP contribution in [0.1, 0.15) is 12.8 Å². The molecule has 1 aromatic carbocycles. The van der Waals surface area contributed by atoms with Gasteiger partial charge in [-0.2, -0.15) is 0 Å². The van der Waals surface area contributed by atoms with Crippen molar-refractivity contribution in [2.24, 2.45) is 0 Å². The Morgan fingerprint density at radius 2 is 1.50 bits per heavy atom. The van der Waals surface area contributed by atoms with E-state index in [-0.39, 0.29) is 0 Å². The molecule has 24 heavy (non-hydrogen) atoms. The van der Waals surface area contributed by atoms with Crippen molar-refractivity contribution in [2.75, 3.05) is 66.8 Å². The number of anilines is 1. The average Bonchev–Trinajstić information content (AvgIpc) is 2.53. The molecule has 0 spiro atoms. The van der Waals surface area contributed by atoms with E-state index in [0.29, 0.717) is 0 Å². The van der Waals surface area contributed by atoms with Crippen LogP contribution in [0.3, 0.4) is 0 Å². The maximum absolute atomic E-state index is 5.65. The van der Waals surface area contributed by atoms with Gasteiger partial charge in [-0.3, -0.25) is 0 Å². The van der Waals surface area contributed by atoms with Gasteiger partial charge in [-0.15, -0.1) is 0 Å². The summed E-state index contributed by atoms with van der Waals surface area (Å²) in [5.41, 5.74) is 1.00. The van der Waals surface area contributed by atoms with Crippen molar-refractivity contribution in [3.8, 4) is 5.75 Å². The molecule has 0 aliphatic carbocycles. The largest absolute Gasteiger partial charge is 0.497 e. The Morgan fingerprint density at radius 1 is 1.00 bits per heavy atom. The van der Waals surface area contributed by atoms with Crippen LogP contribution in [0.4, 0.5) is 5.69 Å². The van der Waals surface area contributed by atoms with E-state index in [1.54, 1.807) is 7.11 Å². The maximum atomic E-state index is 5.65. The first-order valence-corrected chi connectivity index (χ1v) is 9.11. The summed E-state index contributed by atoms with van der Waals surface area (Å²) in [6, 6.07) is 7.88. The van der Waals surface area contributed by atoms with E-state index in [1.165, 1.54) is 9.80 Å². The smallest absolute Gasteiger partial charge is 0.173 e. The minimum absolute atomic E-state index is 0.808. The normalized spacial score (nSPS) is 11.0. The van der Waals surface area contributed by atoms with E-state index in [0.717, 1.165) is 55.6 Å². The number of rotatable bonds is 10. The van der Waals surface area contributed by atoms with Crippen LogP contribution in [0, 0.1) is 0 Å². The number of nitrogens with one attached hydrogen (secondary N) is 3. The number of nitrogens with zero attached hydrogens (tertiary/aromatic N) is 1.